The molecule has 0 aliphatic heterocycles. The Balaban J connectivity index is 2.14. The highest BCUT2D eigenvalue weighted by atomic mass is 32.2. The molecule has 3 rings (SSSR count). The van der Waals surface area contributed by atoms with Gasteiger partial charge in [0.2, 0.25) is 0 Å². The number of aryl methyl sites for hydroxylation is 1. The van der Waals surface area contributed by atoms with Gasteiger partial charge >= 0.3 is 0 Å². The van der Waals surface area contributed by atoms with Crippen molar-refractivity contribution >= 4 is 34.6 Å². The van der Waals surface area contributed by atoms with Gasteiger partial charge < -0.3 is 0 Å². The lowest BCUT2D eigenvalue weighted by Crippen LogP contribution is -2.19. The van der Waals surface area contributed by atoms with Crippen LogP contribution in [0.5, 0.6) is 0 Å². The van der Waals surface area contributed by atoms with Crippen molar-refractivity contribution < 1.29 is 4.39 Å². The largest absolute Gasteiger partial charge is 0.295 e. The minimum atomic E-state index is -0.344. The molecule has 0 saturated carbocycles. The number of thioether (sulfide) groups is 1. The van der Waals surface area contributed by atoms with Crippen molar-refractivity contribution in [3.8, 4) is 0 Å². The van der Waals surface area contributed by atoms with E-state index in [1.54, 1.807) is 37.5 Å². The third kappa shape index (κ3) is 2.74. The highest BCUT2D eigenvalue weighted by Gasteiger charge is 2.12. The molecule has 0 atom stereocenters. The maximum atomic E-state index is 13.8. The maximum Gasteiger partial charge on any atom is 0.265 e. The monoisotopic (exact) mass is 333 g/mol. The molecule has 0 fully saturated rings. The van der Waals surface area contributed by atoms with E-state index in [9.17, 15) is 9.18 Å². The van der Waals surface area contributed by atoms with Gasteiger partial charge in [0.25, 0.3) is 5.56 Å². The second-order valence-electron chi connectivity index (χ2n) is 4.54. The van der Waals surface area contributed by atoms with Crippen molar-refractivity contribution in [3.05, 3.63) is 52.7 Å². The molecule has 4 nitrogen and oxygen atoms in total. The molecule has 2 heterocycles. The molecular weight excluding hydrogens is 321 g/mol. The quantitative estimate of drug-likeness (QED) is 0.543. The Labute approximate surface area is 134 Å². The van der Waals surface area contributed by atoms with E-state index in [4.69, 9.17) is 0 Å². The Hall–Kier alpha value is -1.86. The zero-order valence-corrected chi connectivity index (χ0v) is 13.5. The minimum absolute atomic E-state index is 0.202. The lowest BCUT2D eigenvalue weighted by molar-refractivity contribution is 0.602. The summed E-state index contributed by atoms with van der Waals surface area (Å²) in [5.41, 5.74) is 0.369. The van der Waals surface area contributed by atoms with Gasteiger partial charge in [0.15, 0.2) is 5.16 Å². The Bertz CT molecular complexity index is 911. The summed E-state index contributed by atoms with van der Waals surface area (Å²) in [5, 5.41) is 1.36. The van der Waals surface area contributed by atoms with E-state index in [0.29, 0.717) is 20.6 Å². The molecular formula is C15H12FN3OS2. The van der Waals surface area contributed by atoms with E-state index in [0.717, 1.165) is 17.1 Å². The van der Waals surface area contributed by atoms with Crippen LogP contribution >= 0.6 is 23.5 Å². The SMILES string of the molecule is CSc1ncc2cc(Sc3ccccc3F)c(=O)n(C)c2n1. The number of pyridine rings is 1. The number of rotatable bonds is 3. The first-order valence-electron chi connectivity index (χ1n) is 6.43. The van der Waals surface area contributed by atoms with Crippen LogP contribution in [-0.2, 0) is 7.05 Å². The highest BCUT2D eigenvalue weighted by Crippen LogP contribution is 2.29. The fraction of sp³-hybridized carbons (Fsp3) is 0.133. The molecule has 0 aliphatic carbocycles. The van der Waals surface area contributed by atoms with Crippen LogP contribution < -0.4 is 5.56 Å². The summed E-state index contributed by atoms with van der Waals surface area (Å²) >= 11 is 2.53. The van der Waals surface area contributed by atoms with E-state index in [1.165, 1.54) is 22.4 Å². The summed E-state index contributed by atoms with van der Waals surface area (Å²) in [7, 11) is 1.66. The lowest BCUT2D eigenvalue weighted by atomic mass is 10.3. The summed E-state index contributed by atoms with van der Waals surface area (Å²) in [5.74, 6) is -0.344. The third-order valence-electron chi connectivity index (χ3n) is 3.13. The fourth-order valence-corrected chi connectivity index (χ4v) is 3.31. The third-order valence-corrected chi connectivity index (χ3v) is 4.76. The zero-order chi connectivity index (χ0) is 15.7. The van der Waals surface area contributed by atoms with Gasteiger partial charge in [-0.3, -0.25) is 9.36 Å². The van der Waals surface area contributed by atoms with Crippen LogP contribution in [0.2, 0.25) is 0 Å². The summed E-state index contributed by atoms with van der Waals surface area (Å²) < 4.78 is 15.2. The van der Waals surface area contributed by atoms with E-state index >= 15 is 0 Å². The normalized spacial score (nSPS) is 11.0. The summed E-state index contributed by atoms with van der Waals surface area (Å²) in [6.07, 6.45) is 3.56. The molecule has 0 N–H and O–H groups in total. The van der Waals surface area contributed by atoms with E-state index < -0.39 is 0 Å². The van der Waals surface area contributed by atoms with Gasteiger partial charge in [0, 0.05) is 23.5 Å². The van der Waals surface area contributed by atoms with E-state index in [2.05, 4.69) is 9.97 Å². The molecule has 0 aliphatic rings. The van der Waals surface area contributed by atoms with E-state index in [1.807, 2.05) is 6.26 Å². The topological polar surface area (TPSA) is 47.8 Å². The van der Waals surface area contributed by atoms with Crippen molar-refractivity contribution in [2.24, 2.45) is 7.05 Å². The van der Waals surface area contributed by atoms with Crippen molar-refractivity contribution in [2.75, 3.05) is 6.26 Å². The first kappa shape index (κ1) is 15.1. The molecule has 1 aromatic carbocycles. The van der Waals surface area contributed by atoms with Crippen LogP contribution in [-0.4, -0.2) is 20.8 Å². The average molecular weight is 333 g/mol. The molecule has 3 aromatic rings. The van der Waals surface area contributed by atoms with Gasteiger partial charge in [-0.05, 0) is 24.5 Å². The van der Waals surface area contributed by atoms with Crippen molar-refractivity contribution in [2.45, 2.75) is 14.9 Å². The van der Waals surface area contributed by atoms with Crippen LogP contribution in [0.3, 0.4) is 0 Å². The zero-order valence-electron chi connectivity index (χ0n) is 11.9. The predicted molar refractivity (Wildman–Crippen MR) is 87.1 cm³/mol. The maximum absolute atomic E-state index is 13.8. The molecule has 0 amide bonds. The molecule has 0 radical (unpaired) electrons. The van der Waals surface area contributed by atoms with E-state index in [-0.39, 0.29) is 11.4 Å². The molecule has 7 heteroatoms. The van der Waals surface area contributed by atoms with Crippen molar-refractivity contribution in [1.29, 1.82) is 0 Å². The molecule has 0 bridgehead atoms. The van der Waals surface area contributed by atoms with Crippen molar-refractivity contribution in [3.63, 3.8) is 0 Å². The molecule has 22 heavy (non-hydrogen) atoms. The number of benzene rings is 1. The number of aromatic nitrogens is 3. The first-order chi connectivity index (χ1) is 10.6. The molecule has 2 aromatic heterocycles. The predicted octanol–water partition coefficient (Wildman–Crippen LogP) is 3.34. The number of hydrogen-bond donors (Lipinski definition) is 0. The Morgan fingerprint density at radius 1 is 1.23 bits per heavy atom. The van der Waals surface area contributed by atoms with Gasteiger partial charge in [-0.15, -0.1) is 0 Å². The average Bonchev–Trinajstić information content (AvgIpc) is 2.54. The van der Waals surface area contributed by atoms with Crippen LogP contribution in [0.15, 0.2) is 56.3 Å². The fourth-order valence-electron chi connectivity index (χ4n) is 2.02. The summed E-state index contributed by atoms with van der Waals surface area (Å²) in [6.45, 7) is 0. The van der Waals surface area contributed by atoms with Gasteiger partial charge in [-0.1, -0.05) is 35.7 Å². The van der Waals surface area contributed by atoms with Gasteiger partial charge in [-0.25, -0.2) is 14.4 Å². The molecule has 0 unspecified atom stereocenters. The summed E-state index contributed by atoms with van der Waals surface area (Å²) in [4.78, 5) is 21.9. The summed E-state index contributed by atoms with van der Waals surface area (Å²) in [6, 6.07) is 8.10. The van der Waals surface area contributed by atoms with Gasteiger partial charge in [-0.2, -0.15) is 0 Å². The number of halogens is 1. The van der Waals surface area contributed by atoms with Gasteiger partial charge in [0.1, 0.15) is 11.5 Å². The van der Waals surface area contributed by atoms with Crippen LogP contribution in [0, 0.1) is 5.82 Å². The number of fused-ring (bicyclic) bond motifs is 1. The van der Waals surface area contributed by atoms with Crippen LogP contribution in [0.25, 0.3) is 11.0 Å². The Morgan fingerprint density at radius 2 is 2.00 bits per heavy atom. The van der Waals surface area contributed by atoms with Gasteiger partial charge in [0.05, 0.1) is 4.90 Å². The minimum Gasteiger partial charge on any atom is -0.295 e. The Morgan fingerprint density at radius 3 is 2.73 bits per heavy atom. The number of hydrogen-bond acceptors (Lipinski definition) is 5. The standard InChI is InChI=1S/C15H12FN3OS2/c1-19-13-9(8-17-15(18-13)21-2)7-12(14(19)20)22-11-6-4-3-5-10(11)16/h3-8H,1-2H3. The molecule has 0 saturated heterocycles. The molecule has 0 spiro atoms. The highest BCUT2D eigenvalue weighted by molar-refractivity contribution is 7.99. The van der Waals surface area contributed by atoms with Crippen LogP contribution in [0.1, 0.15) is 0 Å². The number of nitrogens with zero attached hydrogens (tertiary/aromatic N) is 3. The Kier molecular flexibility index (Phi) is 4.17. The van der Waals surface area contributed by atoms with Crippen molar-refractivity contribution in [1.82, 2.24) is 14.5 Å². The smallest absolute Gasteiger partial charge is 0.265 e. The second kappa shape index (κ2) is 6.10. The first-order valence-corrected chi connectivity index (χ1v) is 8.47. The lowest BCUT2D eigenvalue weighted by Gasteiger charge is -2.08. The second-order valence-corrected chi connectivity index (χ2v) is 6.40. The molecule has 112 valence electrons. The van der Waals surface area contributed by atoms with Crippen LogP contribution in [0.4, 0.5) is 4.39 Å².